The zero-order valence-corrected chi connectivity index (χ0v) is 6.66. The van der Waals surface area contributed by atoms with Crippen LogP contribution in [0.25, 0.3) is 11.4 Å². The summed E-state index contributed by atoms with van der Waals surface area (Å²) in [4.78, 5) is 11.9. The second kappa shape index (κ2) is 3.14. The fraction of sp³-hybridized carbons (Fsp3) is 0. The van der Waals surface area contributed by atoms with Gasteiger partial charge in [-0.2, -0.15) is 4.73 Å². The van der Waals surface area contributed by atoms with E-state index in [0.717, 1.165) is 0 Å². The van der Waals surface area contributed by atoms with Gasteiger partial charge < -0.3 is 5.21 Å². The molecule has 0 aliphatic rings. The number of hydrogen-bond donors (Lipinski definition) is 0. The van der Waals surface area contributed by atoms with Gasteiger partial charge in [0.25, 0.3) is 0 Å². The molecular formula is C8H6N4O. The summed E-state index contributed by atoms with van der Waals surface area (Å²) < 4.78 is 0.678. The first-order valence-corrected chi connectivity index (χ1v) is 3.67. The summed E-state index contributed by atoms with van der Waals surface area (Å²) in [6.07, 6.45) is 8.78. The molecular weight excluding hydrogens is 168 g/mol. The Kier molecular flexibility index (Phi) is 1.84. The molecule has 13 heavy (non-hydrogen) atoms. The SMILES string of the molecule is [O-][n+]1ccnc(-c2cnccn2)c1. The molecule has 0 bridgehead atoms. The van der Waals surface area contributed by atoms with E-state index in [0.29, 0.717) is 16.1 Å². The van der Waals surface area contributed by atoms with Gasteiger partial charge in [-0.15, -0.1) is 0 Å². The van der Waals surface area contributed by atoms with Gasteiger partial charge in [0.15, 0.2) is 11.9 Å². The lowest BCUT2D eigenvalue weighted by molar-refractivity contribution is -0.605. The highest BCUT2D eigenvalue weighted by molar-refractivity contribution is 5.49. The molecule has 5 nitrogen and oxygen atoms in total. The van der Waals surface area contributed by atoms with Gasteiger partial charge in [0.05, 0.1) is 12.4 Å². The van der Waals surface area contributed by atoms with Crippen LogP contribution in [0.4, 0.5) is 0 Å². The summed E-state index contributed by atoms with van der Waals surface area (Å²) in [5.74, 6) is 0. The van der Waals surface area contributed by atoms with Crippen molar-refractivity contribution in [3.8, 4) is 11.4 Å². The van der Waals surface area contributed by atoms with E-state index in [4.69, 9.17) is 0 Å². The van der Waals surface area contributed by atoms with Crippen molar-refractivity contribution in [1.29, 1.82) is 0 Å². The molecule has 2 rings (SSSR count). The molecule has 0 aliphatic carbocycles. The fourth-order valence-electron chi connectivity index (χ4n) is 0.940. The Morgan fingerprint density at radius 3 is 2.62 bits per heavy atom. The summed E-state index contributed by atoms with van der Waals surface area (Å²) in [5.41, 5.74) is 1.11. The third-order valence-electron chi connectivity index (χ3n) is 1.50. The largest absolute Gasteiger partial charge is 0.619 e. The van der Waals surface area contributed by atoms with Gasteiger partial charge in [0.1, 0.15) is 5.69 Å². The predicted molar refractivity (Wildman–Crippen MR) is 44.2 cm³/mol. The smallest absolute Gasteiger partial charge is 0.208 e. The van der Waals surface area contributed by atoms with Gasteiger partial charge in [-0.05, 0) is 0 Å². The normalized spacial score (nSPS) is 9.85. The zero-order chi connectivity index (χ0) is 9.10. The minimum absolute atomic E-state index is 0.519. The van der Waals surface area contributed by atoms with Crippen molar-refractivity contribution in [2.45, 2.75) is 0 Å². The molecule has 0 unspecified atom stereocenters. The standard InChI is InChI=1S/C8H6N4O/c13-12-4-3-11-8(6-12)7-5-9-1-2-10-7/h1-6H. The van der Waals surface area contributed by atoms with Crippen molar-refractivity contribution in [1.82, 2.24) is 15.0 Å². The summed E-state index contributed by atoms with van der Waals surface area (Å²) in [6, 6.07) is 0. The van der Waals surface area contributed by atoms with Crippen molar-refractivity contribution < 1.29 is 4.73 Å². The maximum absolute atomic E-state index is 10.9. The fourth-order valence-corrected chi connectivity index (χ4v) is 0.940. The lowest BCUT2D eigenvalue weighted by Crippen LogP contribution is -2.24. The molecule has 2 aromatic rings. The van der Waals surface area contributed by atoms with Crippen molar-refractivity contribution in [2.24, 2.45) is 0 Å². The van der Waals surface area contributed by atoms with Crippen LogP contribution in [-0.2, 0) is 0 Å². The highest BCUT2D eigenvalue weighted by Gasteiger charge is 2.02. The Morgan fingerprint density at radius 2 is 1.92 bits per heavy atom. The molecule has 0 radical (unpaired) electrons. The lowest BCUT2D eigenvalue weighted by atomic mass is 10.3. The molecule has 2 aromatic heterocycles. The maximum Gasteiger partial charge on any atom is 0.208 e. The van der Waals surface area contributed by atoms with Gasteiger partial charge in [-0.1, -0.05) is 0 Å². The van der Waals surface area contributed by atoms with Crippen molar-refractivity contribution >= 4 is 0 Å². The van der Waals surface area contributed by atoms with E-state index in [9.17, 15) is 5.21 Å². The van der Waals surface area contributed by atoms with Crippen LogP contribution in [0.3, 0.4) is 0 Å². The predicted octanol–water partition coefficient (Wildman–Crippen LogP) is 0.172. The van der Waals surface area contributed by atoms with Crippen LogP contribution in [-0.4, -0.2) is 15.0 Å². The first-order valence-electron chi connectivity index (χ1n) is 3.67. The van der Waals surface area contributed by atoms with Gasteiger partial charge in [0, 0.05) is 12.4 Å². The minimum Gasteiger partial charge on any atom is -0.619 e. The van der Waals surface area contributed by atoms with Gasteiger partial charge in [-0.3, -0.25) is 9.97 Å². The van der Waals surface area contributed by atoms with Gasteiger partial charge >= 0.3 is 0 Å². The van der Waals surface area contributed by atoms with Crippen LogP contribution in [0.5, 0.6) is 0 Å². The first-order chi connectivity index (χ1) is 6.36. The molecule has 0 spiro atoms. The Hall–Kier alpha value is -2.04. The number of rotatable bonds is 1. The zero-order valence-electron chi connectivity index (χ0n) is 6.66. The quantitative estimate of drug-likeness (QED) is 0.456. The molecule has 0 atom stereocenters. The van der Waals surface area contributed by atoms with E-state index < -0.39 is 0 Å². The molecule has 0 aliphatic heterocycles. The second-order valence-corrected chi connectivity index (χ2v) is 2.39. The second-order valence-electron chi connectivity index (χ2n) is 2.39. The Labute approximate surface area is 74.3 Å². The van der Waals surface area contributed by atoms with Crippen molar-refractivity contribution in [3.63, 3.8) is 0 Å². The van der Waals surface area contributed by atoms with Crippen LogP contribution in [0.2, 0.25) is 0 Å². The van der Waals surface area contributed by atoms with E-state index >= 15 is 0 Å². The molecule has 0 saturated heterocycles. The Balaban J connectivity index is 2.48. The van der Waals surface area contributed by atoms with Crippen LogP contribution >= 0.6 is 0 Å². The third-order valence-corrected chi connectivity index (χ3v) is 1.50. The average molecular weight is 174 g/mol. The molecule has 0 N–H and O–H groups in total. The number of nitrogens with zero attached hydrogens (tertiary/aromatic N) is 4. The molecule has 5 heteroatoms. The highest BCUT2D eigenvalue weighted by Crippen LogP contribution is 2.07. The summed E-state index contributed by atoms with van der Waals surface area (Å²) >= 11 is 0. The first kappa shape index (κ1) is 7.60. The average Bonchev–Trinajstić information content (AvgIpc) is 2.19. The number of aromatic nitrogens is 4. The highest BCUT2D eigenvalue weighted by atomic mass is 16.5. The Morgan fingerprint density at radius 1 is 1.08 bits per heavy atom. The monoisotopic (exact) mass is 174 g/mol. The molecule has 64 valence electrons. The lowest BCUT2D eigenvalue weighted by Gasteiger charge is -1.97. The van der Waals surface area contributed by atoms with Crippen molar-refractivity contribution in [2.75, 3.05) is 0 Å². The van der Waals surface area contributed by atoms with Crippen LogP contribution in [0.1, 0.15) is 0 Å². The van der Waals surface area contributed by atoms with Crippen LogP contribution in [0, 0.1) is 5.21 Å². The van der Waals surface area contributed by atoms with Gasteiger partial charge in [-0.25, -0.2) is 4.98 Å². The van der Waals surface area contributed by atoms with E-state index in [1.807, 2.05) is 0 Å². The topological polar surface area (TPSA) is 65.6 Å². The van der Waals surface area contributed by atoms with Crippen molar-refractivity contribution in [3.05, 3.63) is 42.4 Å². The number of hydrogen-bond acceptors (Lipinski definition) is 4. The van der Waals surface area contributed by atoms with Crippen LogP contribution < -0.4 is 4.73 Å². The Bertz CT molecular complexity index is 404. The van der Waals surface area contributed by atoms with E-state index in [2.05, 4.69) is 15.0 Å². The van der Waals surface area contributed by atoms with E-state index in [1.165, 1.54) is 18.6 Å². The summed E-state index contributed by atoms with van der Waals surface area (Å²) in [6.45, 7) is 0. The van der Waals surface area contributed by atoms with Gasteiger partial charge in [0.2, 0.25) is 6.20 Å². The summed E-state index contributed by atoms with van der Waals surface area (Å²) in [7, 11) is 0. The molecule has 2 heterocycles. The maximum atomic E-state index is 10.9. The third kappa shape index (κ3) is 1.58. The summed E-state index contributed by atoms with van der Waals surface area (Å²) in [5, 5.41) is 10.9. The molecule has 0 amide bonds. The molecule has 0 aromatic carbocycles. The molecule has 0 fully saturated rings. The minimum atomic E-state index is 0.519. The van der Waals surface area contributed by atoms with E-state index in [-0.39, 0.29) is 0 Å². The van der Waals surface area contributed by atoms with E-state index in [1.54, 1.807) is 18.6 Å². The van der Waals surface area contributed by atoms with Crippen LogP contribution in [0.15, 0.2) is 37.2 Å². The molecule has 0 saturated carbocycles.